The van der Waals surface area contributed by atoms with E-state index in [1.165, 1.54) is 10.4 Å². The van der Waals surface area contributed by atoms with Gasteiger partial charge in [-0.15, -0.1) is 11.3 Å². The Morgan fingerprint density at radius 3 is 3.19 bits per heavy atom. The molecule has 0 amide bonds. The molecule has 1 aliphatic heterocycles. The van der Waals surface area contributed by atoms with Crippen LogP contribution in [0.1, 0.15) is 18.4 Å². The molecule has 1 aliphatic rings. The van der Waals surface area contributed by atoms with E-state index in [-0.39, 0.29) is 12.0 Å². The summed E-state index contributed by atoms with van der Waals surface area (Å²) in [6.45, 7) is 3.40. The van der Waals surface area contributed by atoms with Crippen molar-refractivity contribution < 1.29 is 9.84 Å². The van der Waals surface area contributed by atoms with Gasteiger partial charge in [-0.05, 0) is 24.3 Å². The van der Waals surface area contributed by atoms with Crippen molar-refractivity contribution in [3.8, 4) is 10.6 Å². The maximum atomic E-state index is 9.25. The first-order chi connectivity index (χ1) is 10.3. The summed E-state index contributed by atoms with van der Waals surface area (Å²) in [7, 11) is 0. The number of aromatic amines is 1. The maximum Gasteiger partial charge on any atom is 0.0794 e. The molecule has 0 spiro atoms. The summed E-state index contributed by atoms with van der Waals surface area (Å²) in [4.78, 5) is 1.21. The molecule has 1 atom stereocenters. The van der Waals surface area contributed by atoms with Gasteiger partial charge in [-0.3, -0.25) is 5.10 Å². The van der Waals surface area contributed by atoms with Crippen molar-refractivity contribution in [1.82, 2.24) is 15.5 Å². The molecule has 2 aromatic heterocycles. The standard InChI is InChI=1S/C15H21N3O2S/c19-5-3-15(4-6-20-11-15)10-16-8-12-9-17-18-14(12)13-2-1-7-21-13/h1-2,7,9,16,19H,3-6,8,10-11H2,(H,17,18). The number of ether oxygens (including phenoxy) is 1. The van der Waals surface area contributed by atoms with Crippen LogP contribution in [0.2, 0.25) is 0 Å². The molecule has 0 bridgehead atoms. The molecule has 114 valence electrons. The van der Waals surface area contributed by atoms with Crippen molar-refractivity contribution in [2.45, 2.75) is 19.4 Å². The predicted octanol–water partition coefficient (Wildman–Crippen LogP) is 2.02. The minimum absolute atomic E-state index is 0.0849. The van der Waals surface area contributed by atoms with Crippen molar-refractivity contribution in [1.29, 1.82) is 0 Å². The molecule has 5 nitrogen and oxygen atoms in total. The number of H-pyrrole nitrogens is 1. The zero-order valence-corrected chi connectivity index (χ0v) is 12.8. The van der Waals surface area contributed by atoms with E-state index in [0.29, 0.717) is 0 Å². The van der Waals surface area contributed by atoms with Crippen LogP contribution >= 0.6 is 11.3 Å². The smallest absolute Gasteiger partial charge is 0.0794 e. The van der Waals surface area contributed by atoms with Crippen LogP contribution in [-0.2, 0) is 11.3 Å². The van der Waals surface area contributed by atoms with E-state index in [1.807, 2.05) is 12.3 Å². The largest absolute Gasteiger partial charge is 0.396 e. The number of hydrogen-bond acceptors (Lipinski definition) is 5. The average molecular weight is 307 g/mol. The second kappa shape index (κ2) is 6.70. The lowest BCUT2D eigenvalue weighted by Crippen LogP contribution is -2.35. The number of thiophene rings is 1. The van der Waals surface area contributed by atoms with Gasteiger partial charge >= 0.3 is 0 Å². The molecule has 3 heterocycles. The van der Waals surface area contributed by atoms with E-state index in [4.69, 9.17) is 4.74 Å². The lowest BCUT2D eigenvalue weighted by atomic mass is 9.84. The van der Waals surface area contributed by atoms with Crippen molar-refractivity contribution in [2.24, 2.45) is 5.41 Å². The summed E-state index contributed by atoms with van der Waals surface area (Å²) >= 11 is 1.71. The van der Waals surface area contributed by atoms with Gasteiger partial charge in [0, 0.05) is 37.3 Å². The highest BCUT2D eigenvalue weighted by atomic mass is 32.1. The number of aromatic nitrogens is 2. The summed E-state index contributed by atoms with van der Waals surface area (Å²) in [6, 6.07) is 4.14. The van der Waals surface area contributed by atoms with E-state index >= 15 is 0 Å². The van der Waals surface area contributed by atoms with Crippen molar-refractivity contribution >= 4 is 11.3 Å². The fourth-order valence-electron chi connectivity index (χ4n) is 2.85. The Morgan fingerprint density at radius 1 is 1.52 bits per heavy atom. The third-order valence-electron chi connectivity index (χ3n) is 4.13. The van der Waals surface area contributed by atoms with E-state index in [0.717, 1.165) is 44.8 Å². The van der Waals surface area contributed by atoms with Gasteiger partial charge in [0.25, 0.3) is 0 Å². The number of rotatable bonds is 7. The highest BCUT2D eigenvalue weighted by Crippen LogP contribution is 2.32. The van der Waals surface area contributed by atoms with Gasteiger partial charge in [0.15, 0.2) is 0 Å². The minimum Gasteiger partial charge on any atom is -0.396 e. The second-order valence-corrected chi connectivity index (χ2v) is 6.57. The molecular weight excluding hydrogens is 286 g/mol. The van der Waals surface area contributed by atoms with Gasteiger partial charge in [0.05, 0.1) is 23.4 Å². The third kappa shape index (κ3) is 3.35. The Balaban J connectivity index is 1.60. The summed E-state index contributed by atoms with van der Waals surface area (Å²) in [5.41, 5.74) is 2.36. The van der Waals surface area contributed by atoms with E-state index < -0.39 is 0 Å². The zero-order valence-electron chi connectivity index (χ0n) is 12.0. The first-order valence-electron chi connectivity index (χ1n) is 7.28. The highest BCUT2D eigenvalue weighted by Gasteiger charge is 2.33. The number of nitrogens with one attached hydrogen (secondary N) is 2. The molecule has 2 aromatic rings. The second-order valence-electron chi connectivity index (χ2n) is 5.63. The van der Waals surface area contributed by atoms with Crippen LogP contribution < -0.4 is 5.32 Å². The molecule has 0 radical (unpaired) electrons. The summed E-state index contributed by atoms with van der Waals surface area (Å²) in [5.74, 6) is 0. The van der Waals surface area contributed by atoms with Crippen LogP contribution in [0.4, 0.5) is 0 Å². The topological polar surface area (TPSA) is 70.2 Å². The molecule has 6 heteroatoms. The lowest BCUT2D eigenvalue weighted by Gasteiger charge is -2.26. The summed E-state index contributed by atoms with van der Waals surface area (Å²) in [6.07, 6.45) is 3.69. The summed E-state index contributed by atoms with van der Waals surface area (Å²) in [5, 5.41) is 22.1. The number of aliphatic hydroxyl groups excluding tert-OH is 1. The molecule has 0 saturated carbocycles. The normalized spacial score (nSPS) is 22.0. The maximum absolute atomic E-state index is 9.25. The summed E-state index contributed by atoms with van der Waals surface area (Å²) < 4.78 is 5.52. The monoisotopic (exact) mass is 307 g/mol. The molecule has 3 N–H and O–H groups in total. The van der Waals surface area contributed by atoms with E-state index in [9.17, 15) is 5.11 Å². The van der Waals surface area contributed by atoms with Crippen LogP contribution in [0.25, 0.3) is 10.6 Å². The average Bonchev–Trinajstić information content (AvgIpc) is 3.20. The van der Waals surface area contributed by atoms with Gasteiger partial charge in [-0.2, -0.15) is 5.10 Å². The van der Waals surface area contributed by atoms with Crippen molar-refractivity contribution in [2.75, 3.05) is 26.4 Å². The van der Waals surface area contributed by atoms with Crippen LogP contribution in [0.5, 0.6) is 0 Å². The van der Waals surface area contributed by atoms with Gasteiger partial charge in [0.2, 0.25) is 0 Å². The van der Waals surface area contributed by atoms with Gasteiger partial charge in [-0.25, -0.2) is 0 Å². The number of nitrogens with zero attached hydrogens (tertiary/aromatic N) is 1. The van der Waals surface area contributed by atoms with Crippen LogP contribution in [0.3, 0.4) is 0 Å². The Bertz CT molecular complexity index is 547. The highest BCUT2D eigenvalue weighted by molar-refractivity contribution is 7.13. The molecule has 0 aliphatic carbocycles. The van der Waals surface area contributed by atoms with E-state index in [1.54, 1.807) is 11.3 Å². The van der Waals surface area contributed by atoms with E-state index in [2.05, 4.69) is 27.0 Å². The number of aliphatic hydroxyl groups is 1. The van der Waals surface area contributed by atoms with Crippen molar-refractivity contribution in [3.63, 3.8) is 0 Å². The fraction of sp³-hybridized carbons (Fsp3) is 0.533. The molecule has 3 rings (SSSR count). The molecule has 0 aromatic carbocycles. The molecule has 1 saturated heterocycles. The van der Waals surface area contributed by atoms with Crippen LogP contribution in [0.15, 0.2) is 23.7 Å². The van der Waals surface area contributed by atoms with Crippen LogP contribution in [0, 0.1) is 5.41 Å². The van der Waals surface area contributed by atoms with Crippen LogP contribution in [-0.4, -0.2) is 41.7 Å². The first kappa shape index (κ1) is 14.7. The SMILES string of the molecule is OCCC1(CNCc2cn[nH]c2-c2cccs2)CCOC1. The zero-order chi connectivity index (χ0) is 14.5. The van der Waals surface area contributed by atoms with Gasteiger partial charge in [-0.1, -0.05) is 6.07 Å². The lowest BCUT2D eigenvalue weighted by molar-refractivity contribution is 0.124. The Kier molecular flexibility index (Phi) is 4.70. The minimum atomic E-state index is 0.0849. The van der Waals surface area contributed by atoms with Crippen molar-refractivity contribution in [3.05, 3.63) is 29.3 Å². The molecule has 1 fully saturated rings. The quantitative estimate of drug-likeness (QED) is 0.732. The van der Waals surface area contributed by atoms with Gasteiger partial charge < -0.3 is 15.2 Å². The third-order valence-corrected chi connectivity index (χ3v) is 5.02. The Labute approximate surface area is 128 Å². The Hall–Kier alpha value is -1.21. The number of hydrogen-bond donors (Lipinski definition) is 3. The molecular formula is C15H21N3O2S. The molecule has 1 unspecified atom stereocenters. The van der Waals surface area contributed by atoms with Gasteiger partial charge in [0.1, 0.15) is 0 Å². The molecule has 21 heavy (non-hydrogen) atoms. The first-order valence-corrected chi connectivity index (χ1v) is 8.16. The Morgan fingerprint density at radius 2 is 2.48 bits per heavy atom. The predicted molar refractivity (Wildman–Crippen MR) is 83.2 cm³/mol. The fourth-order valence-corrected chi connectivity index (χ4v) is 3.61.